The van der Waals surface area contributed by atoms with Crippen LogP contribution in [0.2, 0.25) is 0 Å². The molecule has 0 aliphatic heterocycles. The molecule has 0 aliphatic carbocycles. The molecular formula is C62H46N4. The largest absolute Gasteiger partial charge is 0.310 e. The first kappa shape index (κ1) is 39.0. The molecule has 0 saturated carbocycles. The van der Waals surface area contributed by atoms with Gasteiger partial charge in [0, 0.05) is 67.0 Å². The van der Waals surface area contributed by atoms with Crippen molar-refractivity contribution in [3.05, 3.63) is 254 Å². The standard InChI is InChI=1S/C62H46N4/c1-43-15-13-21-53(39-43)63(47-17-5-3-6-18-47)49-29-33-51(34-30-49)65-59-25-11-9-23-55(59)57-41-45(27-37-61(57)65)46-28-38-62-58(42-46)56-24-10-12-26-60(56)66(62)52-35-31-50(32-36-52)64(48-19-7-4-8-20-48)54-22-14-16-44(2)40-54/h3-42H,1-2H3. The SMILES string of the molecule is Cc1cccc(N(c2ccccc2)c2ccc(-n3c4ccccc4c4cc(-c5ccc6c(c5)c5ccccc5n6-c5ccc(N(c6ccccc6)c6cccc(C)c6)cc5)ccc43)cc2)c1. The molecule has 12 rings (SSSR count). The molecule has 0 saturated heterocycles. The molecule has 12 aromatic rings. The summed E-state index contributed by atoms with van der Waals surface area (Å²) in [6, 6.07) is 88.1. The Morgan fingerprint density at radius 1 is 0.258 bits per heavy atom. The maximum atomic E-state index is 2.40. The number of benzene rings is 10. The molecule has 0 amide bonds. The molecule has 10 aromatic carbocycles. The van der Waals surface area contributed by atoms with Gasteiger partial charge in [0.15, 0.2) is 0 Å². The van der Waals surface area contributed by atoms with Crippen molar-refractivity contribution >= 4 is 77.7 Å². The molecule has 2 aromatic heterocycles. The van der Waals surface area contributed by atoms with Gasteiger partial charge in [-0.05, 0) is 170 Å². The lowest BCUT2D eigenvalue weighted by atomic mass is 10.0. The normalized spacial score (nSPS) is 11.5. The zero-order valence-electron chi connectivity index (χ0n) is 36.9. The van der Waals surface area contributed by atoms with Crippen LogP contribution < -0.4 is 9.80 Å². The summed E-state index contributed by atoms with van der Waals surface area (Å²) in [5, 5.41) is 4.93. The lowest BCUT2D eigenvalue weighted by Crippen LogP contribution is -2.10. The first-order valence-corrected chi connectivity index (χ1v) is 22.7. The molecule has 66 heavy (non-hydrogen) atoms. The summed E-state index contributed by atoms with van der Waals surface area (Å²) in [6.45, 7) is 4.29. The van der Waals surface area contributed by atoms with Crippen LogP contribution in [0.15, 0.2) is 243 Å². The second kappa shape index (κ2) is 16.2. The minimum Gasteiger partial charge on any atom is -0.310 e. The van der Waals surface area contributed by atoms with Gasteiger partial charge in [-0.1, -0.05) is 109 Å². The predicted octanol–water partition coefficient (Wildman–Crippen LogP) is 17.1. The smallest absolute Gasteiger partial charge is 0.0541 e. The number of anilines is 6. The first-order valence-electron chi connectivity index (χ1n) is 22.7. The summed E-state index contributed by atoms with van der Waals surface area (Å²) >= 11 is 0. The topological polar surface area (TPSA) is 16.3 Å². The lowest BCUT2D eigenvalue weighted by molar-refractivity contribution is 1.17. The third-order valence-corrected chi connectivity index (χ3v) is 13.0. The zero-order valence-corrected chi connectivity index (χ0v) is 36.9. The Morgan fingerprint density at radius 3 is 1.02 bits per heavy atom. The van der Waals surface area contributed by atoms with Gasteiger partial charge in [-0.2, -0.15) is 0 Å². The number of aryl methyl sites for hydroxylation is 2. The summed E-state index contributed by atoms with van der Waals surface area (Å²) in [5.41, 5.74) is 18.6. The summed E-state index contributed by atoms with van der Waals surface area (Å²) in [4.78, 5) is 4.65. The molecule has 0 aliphatic rings. The molecule has 0 fully saturated rings. The average molecular weight is 847 g/mol. The molecule has 4 heteroatoms. The Hall–Kier alpha value is -8.60. The maximum absolute atomic E-state index is 2.40. The van der Waals surface area contributed by atoms with Gasteiger partial charge in [0.05, 0.1) is 22.1 Å². The van der Waals surface area contributed by atoms with Crippen molar-refractivity contribution in [2.45, 2.75) is 13.8 Å². The highest BCUT2D eigenvalue weighted by atomic mass is 15.1. The number of hydrogen-bond acceptors (Lipinski definition) is 2. The number of aromatic nitrogens is 2. The van der Waals surface area contributed by atoms with Gasteiger partial charge in [0.2, 0.25) is 0 Å². The van der Waals surface area contributed by atoms with Gasteiger partial charge in [0.25, 0.3) is 0 Å². The van der Waals surface area contributed by atoms with Gasteiger partial charge in [-0.15, -0.1) is 0 Å². The number of rotatable bonds is 9. The van der Waals surface area contributed by atoms with Crippen LogP contribution in [0, 0.1) is 13.8 Å². The van der Waals surface area contributed by atoms with Crippen LogP contribution in [-0.4, -0.2) is 9.13 Å². The van der Waals surface area contributed by atoms with Crippen molar-refractivity contribution in [3.8, 4) is 22.5 Å². The van der Waals surface area contributed by atoms with E-state index in [9.17, 15) is 0 Å². The molecule has 314 valence electrons. The number of fused-ring (bicyclic) bond motifs is 6. The molecule has 4 nitrogen and oxygen atoms in total. The molecule has 0 atom stereocenters. The van der Waals surface area contributed by atoms with E-state index in [0.29, 0.717) is 0 Å². The van der Waals surface area contributed by atoms with E-state index in [1.165, 1.54) is 65.9 Å². The second-order valence-electron chi connectivity index (χ2n) is 17.2. The van der Waals surface area contributed by atoms with Crippen LogP contribution in [0.5, 0.6) is 0 Å². The van der Waals surface area contributed by atoms with E-state index < -0.39 is 0 Å². The van der Waals surface area contributed by atoms with Crippen LogP contribution in [0.1, 0.15) is 11.1 Å². The number of hydrogen-bond donors (Lipinski definition) is 0. The van der Waals surface area contributed by atoms with E-state index in [0.717, 1.165) is 45.5 Å². The Labute approximate surface area is 385 Å². The second-order valence-corrected chi connectivity index (χ2v) is 17.2. The van der Waals surface area contributed by atoms with Gasteiger partial charge < -0.3 is 18.9 Å². The van der Waals surface area contributed by atoms with Gasteiger partial charge in [0.1, 0.15) is 0 Å². The van der Waals surface area contributed by atoms with Crippen molar-refractivity contribution in [3.63, 3.8) is 0 Å². The highest BCUT2D eigenvalue weighted by Crippen LogP contribution is 2.41. The number of para-hydroxylation sites is 4. The zero-order chi connectivity index (χ0) is 44.1. The van der Waals surface area contributed by atoms with Crippen LogP contribution in [0.25, 0.3) is 66.1 Å². The van der Waals surface area contributed by atoms with Gasteiger partial charge in [-0.25, -0.2) is 0 Å². The Kier molecular flexibility index (Phi) is 9.57. The molecule has 0 spiro atoms. The van der Waals surface area contributed by atoms with E-state index in [4.69, 9.17) is 0 Å². The molecule has 0 radical (unpaired) electrons. The minimum absolute atomic E-state index is 1.11. The van der Waals surface area contributed by atoms with Crippen molar-refractivity contribution < 1.29 is 0 Å². The predicted molar refractivity (Wildman–Crippen MR) is 279 cm³/mol. The summed E-state index contributed by atoms with van der Waals surface area (Å²) in [7, 11) is 0. The van der Waals surface area contributed by atoms with Crippen LogP contribution in [-0.2, 0) is 0 Å². The van der Waals surface area contributed by atoms with Crippen molar-refractivity contribution in [1.82, 2.24) is 9.13 Å². The quantitative estimate of drug-likeness (QED) is 0.144. The van der Waals surface area contributed by atoms with E-state index in [1.807, 2.05) is 0 Å². The van der Waals surface area contributed by atoms with Crippen molar-refractivity contribution in [2.75, 3.05) is 9.80 Å². The fourth-order valence-electron chi connectivity index (χ4n) is 9.95. The van der Waals surface area contributed by atoms with E-state index in [2.05, 4.69) is 275 Å². The Morgan fingerprint density at radius 2 is 0.606 bits per heavy atom. The summed E-state index contributed by atoms with van der Waals surface area (Å²) in [5.74, 6) is 0. The van der Waals surface area contributed by atoms with Gasteiger partial charge in [-0.3, -0.25) is 0 Å². The van der Waals surface area contributed by atoms with E-state index in [1.54, 1.807) is 0 Å². The molecular weight excluding hydrogens is 801 g/mol. The van der Waals surface area contributed by atoms with Crippen LogP contribution >= 0.6 is 0 Å². The highest BCUT2D eigenvalue weighted by molar-refractivity contribution is 6.12. The third kappa shape index (κ3) is 6.79. The molecule has 2 heterocycles. The first-order chi connectivity index (χ1) is 32.6. The van der Waals surface area contributed by atoms with Crippen molar-refractivity contribution in [1.29, 1.82) is 0 Å². The van der Waals surface area contributed by atoms with Gasteiger partial charge >= 0.3 is 0 Å². The summed E-state index contributed by atoms with van der Waals surface area (Å²) in [6.07, 6.45) is 0. The van der Waals surface area contributed by atoms with E-state index >= 15 is 0 Å². The maximum Gasteiger partial charge on any atom is 0.0541 e. The van der Waals surface area contributed by atoms with E-state index in [-0.39, 0.29) is 0 Å². The monoisotopic (exact) mass is 846 g/mol. The van der Waals surface area contributed by atoms with Crippen LogP contribution in [0.3, 0.4) is 0 Å². The molecule has 0 unspecified atom stereocenters. The average Bonchev–Trinajstić information content (AvgIpc) is 3.88. The highest BCUT2D eigenvalue weighted by Gasteiger charge is 2.19. The minimum atomic E-state index is 1.11. The third-order valence-electron chi connectivity index (χ3n) is 13.0. The van der Waals surface area contributed by atoms with Crippen LogP contribution in [0.4, 0.5) is 34.1 Å². The Bertz CT molecular complexity index is 3470. The number of nitrogens with zero attached hydrogens (tertiary/aromatic N) is 4. The van der Waals surface area contributed by atoms with Crippen molar-refractivity contribution in [2.24, 2.45) is 0 Å². The molecule has 0 bridgehead atoms. The fourth-order valence-corrected chi connectivity index (χ4v) is 9.95. The summed E-state index contributed by atoms with van der Waals surface area (Å²) < 4.78 is 4.81. The molecule has 0 N–H and O–H groups in total. The Balaban J connectivity index is 0.919. The fraction of sp³-hybridized carbons (Fsp3) is 0.0323. The lowest BCUT2D eigenvalue weighted by Gasteiger charge is -2.26.